The van der Waals surface area contributed by atoms with Gasteiger partial charge in [-0.2, -0.15) is 0 Å². The number of nitrogens with zero attached hydrogens (tertiary/aromatic N) is 2. The van der Waals surface area contributed by atoms with Gasteiger partial charge in [-0.05, 0) is 30.9 Å². The average molecular weight is 284 g/mol. The van der Waals surface area contributed by atoms with E-state index < -0.39 is 6.04 Å². The molecule has 0 radical (unpaired) electrons. The largest absolute Gasteiger partial charge is 0.409 e. The third-order valence-electron chi connectivity index (χ3n) is 3.71. The van der Waals surface area contributed by atoms with E-state index in [1.807, 2.05) is 24.3 Å². The Labute approximate surface area is 121 Å². The van der Waals surface area contributed by atoms with Crippen LogP contribution in [0.3, 0.4) is 0 Å². The molecule has 1 amide bonds. The Bertz CT molecular complexity index is 704. The highest BCUT2D eigenvalue weighted by Crippen LogP contribution is 2.33. The fraction of sp³-hybridized carbons (Fsp3) is 0.267. The van der Waals surface area contributed by atoms with Crippen molar-refractivity contribution in [2.24, 2.45) is 16.8 Å². The molecular weight excluding hydrogens is 268 g/mol. The molecule has 0 spiro atoms. The summed E-state index contributed by atoms with van der Waals surface area (Å²) in [5.74, 6) is 0.0549. The topological polar surface area (TPSA) is 101 Å². The molecule has 1 aliphatic rings. The Morgan fingerprint density at radius 1 is 1.38 bits per heavy atom. The molecule has 1 aliphatic carbocycles. The van der Waals surface area contributed by atoms with E-state index in [-0.39, 0.29) is 17.7 Å². The van der Waals surface area contributed by atoms with Gasteiger partial charge in [-0.25, -0.2) is 0 Å². The van der Waals surface area contributed by atoms with Gasteiger partial charge in [0, 0.05) is 11.6 Å². The maximum absolute atomic E-state index is 12.5. The van der Waals surface area contributed by atoms with E-state index in [1.165, 1.54) is 0 Å². The van der Waals surface area contributed by atoms with E-state index in [0.29, 0.717) is 5.56 Å². The minimum Gasteiger partial charge on any atom is -0.409 e. The molecule has 21 heavy (non-hydrogen) atoms. The van der Waals surface area contributed by atoms with Crippen LogP contribution in [0.2, 0.25) is 0 Å². The van der Waals surface area contributed by atoms with Gasteiger partial charge in [0.1, 0.15) is 0 Å². The third kappa shape index (κ3) is 2.65. The molecule has 0 saturated heterocycles. The first kappa shape index (κ1) is 13.4. The molecule has 1 atom stereocenters. The molecule has 0 aliphatic heterocycles. The summed E-state index contributed by atoms with van der Waals surface area (Å²) in [6.07, 6.45) is 3.55. The SMILES string of the molecule is N/C(=N/O)C(NC(=O)c1ccnc2ccccc12)C1CC1. The smallest absolute Gasteiger partial charge is 0.252 e. The lowest BCUT2D eigenvalue weighted by Gasteiger charge is -2.17. The van der Waals surface area contributed by atoms with Crippen molar-refractivity contribution >= 4 is 22.6 Å². The van der Waals surface area contributed by atoms with E-state index >= 15 is 0 Å². The first-order valence-electron chi connectivity index (χ1n) is 6.82. The second kappa shape index (κ2) is 5.40. The van der Waals surface area contributed by atoms with Crippen molar-refractivity contribution < 1.29 is 10.0 Å². The number of amidine groups is 1. The van der Waals surface area contributed by atoms with Crippen LogP contribution in [-0.4, -0.2) is 28.0 Å². The standard InChI is InChI=1S/C15H16N4O2/c16-14(19-21)13(9-5-6-9)18-15(20)11-7-8-17-12-4-2-1-3-10(11)12/h1-4,7-9,13,21H,5-6H2,(H2,16,19)(H,18,20). The van der Waals surface area contributed by atoms with E-state index in [9.17, 15) is 4.79 Å². The second-order valence-electron chi connectivity index (χ2n) is 5.19. The third-order valence-corrected chi connectivity index (χ3v) is 3.71. The van der Waals surface area contributed by atoms with Crippen molar-refractivity contribution in [1.82, 2.24) is 10.3 Å². The predicted molar refractivity (Wildman–Crippen MR) is 79.1 cm³/mol. The van der Waals surface area contributed by atoms with Crippen LogP contribution in [0.15, 0.2) is 41.7 Å². The van der Waals surface area contributed by atoms with Crippen molar-refractivity contribution in [1.29, 1.82) is 0 Å². The van der Waals surface area contributed by atoms with Crippen LogP contribution in [0.25, 0.3) is 10.9 Å². The Morgan fingerprint density at radius 3 is 2.86 bits per heavy atom. The zero-order chi connectivity index (χ0) is 14.8. The van der Waals surface area contributed by atoms with Crippen molar-refractivity contribution in [2.75, 3.05) is 0 Å². The van der Waals surface area contributed by atoms with E-state index in [0.717, 1.165) is 23.7 Å². The summed E-state index contributed by atoms with van der Waals surface area (Å²) in [6.45, 7) is 0. The lowest BCUT2D eigenvalue weighted by atomic mass is 10.1. The zero-order valence-electron chi connectivity index (χ0n) is 11.4. The first-order chi connectivity index (χ1) is 10.2. The van der Waals surface area contributed by atoms with Gasteiger partial charge in [-0.15, -0.1) is 0 Å². The summed E-state index contributed by atoms with van der Waals surface area (Å²) in [5, 5.41) is 15.5. The fourth-order valence-corrected chi connectivity index (χ4v) is 2.44. The number of carbonyl (C=O) groups excluding carboxylic acids is 1. The first-order valence-corrected chi connectivity index (χ1v) is 6.82. The van der Waals surface area contributed by atoms with Crippen molar-refractivity contribution in [3.8, 4) is 0 Å². The monoisotopic (exact) mass is 284 g/mol. The number of fused-ring (bicyclic) bond motifs is 1. The molecule has 6 nitrogen and oxygen atoms in total. The number of carbonyl (C=O) groups is 1. The van der Waals surface area contributed by atoms with Crippen LogP contribution in [0.1, 0.15) is 23.2 Å². The van der Waals surface area contributed by atoms with Crippen molar-refractivity contribution in [3.63, 3.8) is 0 Å². The van der Waals surface area contributed by atoms with Gasteiger partial charge in [0.15, 0.2) is 5.84 Å². The molecular formula is C15H16N4O2. The molecule has 0 bridgehead atoms. The normalized spacial score (nSPS) is 16.7. The molecule has 4 N–H and O–H groups in total. The highest BCUT2D eigenvalue weighted by molar-refractivity contribution is 6.07. The van der Waals surface area contributed by atoms with E-state index in [1.54, 1.807) is 12.3 Å². The number of nitrogens with two attached hydrogens (primary N) is 1. The number of aromatic nitrogens is 1. The lowest BCUT2D eigenvalue weighted by Crippen LogP contribution is -2.46. The van der Waals surface area contributed by atoms with Crippen molar-refractivity contribution in [2.45, 2.75) is 18.9 Å². The quantitative estimate of drug-likeness (QED) is 0.343. The highest BCUT2D eigenvalue weighted by Gasteiger charge is 2.35. The zero-order valence-corrected chi connectivity index (χ0v) is 11.4. The molecule has 6 heteroatoms. The minimum absolute atomic E-state index is 0.0456. The number of pyridine rings is 1. The Morgan fingerprint density at radius 2 is 2.14 bits per heavy atom. The number of amides is 1. The molecule has 2 aromatic rings. The minimum atomic E-state index is -0.422. The van der Waals surface area contributed by atoms with Gasteiger partial charge in [0.25, 0.3) is 5.91 Å². The number of benzene rings is 1. The molecule has 108 valence electrons. The van der Waals surface area contributed by atoms with Gasteiger partial charge in [-0.3, -0.25) is 9.78 Å². The number of para-hydroxylation sites is 1. The Hall–Kier alpha value is -2.63. The van der Waals surface area contributed by atoms with E-state index in [4.69, 9.17) is 10.9 Å². The summed E-state index contributed by atoms with van der Waals surface area (Å²) in [4.78, 5) is 16.7. The van der Waals surface area contributed by atoms with Crippen LogP contribution in [-0.2, 0) is 0 Å². The van der Waals surface area contributed by atoms with E-state index in [2.05, 4.69) is 15.5 Å². The fourth-order valence-electron chi connectivity index (χ4n) is 2.44. The van der Waals surface area contributed by atoms with Gasteiger partial charge in [-0.1, -0.05) is 23.4 Å². The molecule has 1 heterocycles. The number of hydrogen-bond acceptors (Lipinski definition) is 4. The summed E-state index contributed by atoms with van der Waals surface area (Å²) in [5.41, 5.74) is 6.97. The maximum Gasteiger partial charge on any atom is 0.252 e. The maximum atomic E-state index is 12.5. The predicted octanol–water partition coefficient (Wildman–Crippen LogP) is 1.49. The van der Waals surface area contributed by atoms with Crippen LogP contribution in [0.5, 0.6) is 0 Å². The molecule has 1 unspecified atom stereocenters. The van der Waals surface area contributed by atoms with Gasteiger partial charge in [0.05, 0.1) is 17.1 Å². The summed E-state index contributed by atoms with van der Waals surface area (Å²) >= 11 is 0. The Balaban J connectivity index is 1.90. The van der Waals surface area contributed by atoms with Crippen LogP contribution in [0.4, 0.5) is 0 Å². The number of nitrogens with one attached hydrogen (secondary N) is 1. The summed E-state index contributed by atoms with van der Waals surface area (Å²) < 4.78 is 0. The number of hydrogen-bond donors (Lipinski definition) is 3. The second-order valence-corrected chi connectivity index (χ2v) is 5.19. The average Bonchev–Trinajstić information content (AvgIpc) is 3.35. The van der Waals surface area contributed by atoms with Gasteiger partial charge >= 0.3 is 0 Å². The molecule has 1 fully saturated rings. The van der Waals surface area contributed by atoms with Crippen LogP contribution >= 0.6 is 0 Å². The number of oxime groups is 1. The number of rotatable bonds is 4. The van der Waals surface area contributed by atoms with Crippen molar-refractivity contribution in [3.05, 3.63) is 42.1 Å². The van der Waals surface area contributed by atoms with Gasteiger partial charge in [0.2, 0.25) is 0 Å². The summed E-state index contributed by atoms with van der Waals surface area (Å²) in [7, 11) is 0. The molecule has 1 saturated carbocycles. The molecule has 3 rings (SSSR count). The van der Waals surface area contributed by atoms with Gasteiger partial charge < -0.3 is 16.3 Å². The van der Waals surface area contributed by atoms with Crippen LogP contribution < -0.4 is 11.1 Å². The molecule has 1 aromatic carbocycles. The summed E-state index contributed by atoms with van der Waals surface area (Å²) in [6, 6.07) is 8.70. The Kier molecular flexibility index (Phi) is 3.43. The highest BCUT2D eigenvalue weighted by atomic mass is 16.4. The lowest BCUT2D eigenvalue weighted by molar-refractivity contribution is 0.0944. The van der Waals surface area contributed by atoms with Crippen LogP contribution in [0, 0.1) is 5.92 Å². The molecule has 1 aromatic heterocycles.